The zero-order valence-electron chi connectivity index (χ0n) is 18.6. The van der Waals surface area contributed by atoms with E-state index in [2.05, 4.69) is 46.4 Å². The molecule has 5 atom stereocenters. The molecule has 0 spiro atoms. The summed E-state index contributed by atoms with van der Waals surface area (Å²) in [4.78, 5) is 0. The molecule has 0 aromatic rings. The summed E-state index contributed by atoms with van der Waals surface area (Å²) in [6.45, 7) is 14.0. The van der Waals surface area contributed by atoms with Crippen LogP contribution in [0.4, 0.5) is 0 Å². The standard InChI is InChI=1S/C27H44/c1-19(2)8-6-9-22(5)25-16-17-26-23(10-7-11-27(25)26)14-15-24-18-20(3)12-13-21(24)4/h14-15,19-20,22,25-27H,4,6-13,16-18H2,1-3,5H3/b23-14+,24-15-. The van der Waals surface area contributed by atoms with Crippen LogP contribution in [0.3, 0.4) is 0 Å². The van der Waals surface area contributed by atoms with Crippen molar-refractivity contribution in [3.05, 3.63) is 35.5 Å². The predicted octanol–water partition coefficient (Wildman–Crippen LogP) is 8.50. The quantitative estimate of drug-likeness (QED) is 0.441. The molecule has 0 N–H and O–H groups in total. The van der Waals surface area contributed by atoms with E-state index in [0.717, 1.165) is 35.5 Å². The van der Waals surface area contributed by atoms with Crippen molar-refractivity contribution < 1.29 is 0 Å². The lowest BCUT2D eigenvalue weighted by molar-refractivity contribution is 0.206. The minimum Gasteiger partial charge on any atom is -0.0956 e. The zero-order valence-corrected chi connectivity index (χ0v) is 18.6. The molecule has 5 unspecified atom stereocenters. The summed E-state index contributed by atoms with van der Waals surface area (Å²) in [5.41, 5.74) is 4.72. The third-order valence-electron chi connectivity index (χ3n) is 7.99. The summed E-state index contributed by atoms with van der Waals surface area (Å²) in [5, 5.41) is 0. The molecule has 152 valence electrons. The first-order valence-corrected chi connectivity index (χ1v) is 12.0. The molecule has 0 heteroatoms. The fourth-order valence-corrected chi connectivity index (χ4v) is 6.27. The summed E-state index contributed by atoms with van der Waals surface area (Å²) in [6, 6.07) is 0. The van der Waals surface area contributed by atoms with E-state index < -0.39 is 0 Å². The van der Waals surface area contributed by atoms with Crippen molar-refractivity contribution in [2.75, 3.05) is 0 Å². The third kappa shape index (κ3) is 5.39. The van der Waals surface area contributed by atoms with Gasteiger partial charge in [0.05, 0.1) is 0 Å². The fraction of sp³-hybridized carbons (Fsp3) is 0.778. The van der Waals surface area contributed by atoms with Gasteiger partial charge in [-0.05, 0) is 92.4 Å². The second kappa shape index (κ2) is 9.62. The first-order chi connectivity index (χ1) is 13.0. The van der Waals surface area contributed by atoms with Crippen LogP contribution in [0.15, 0.2) is 35.5 Å². The second-order valence-corrected chi connectivity index (χ2v) is 10.6. The zero-order chi connectivity index (χ0) is 19.4. The highest BCUT2D eigenvalue weighted by atomic mass is 14.5. The molecule has 0 radical (unpaired) electrons. The molecule has 3 aliphatic rings. The van der Waals surface area contributed by atoms with Gasteiger partial charge in [0.15, 0.2) is 0 Å². The van der Waals surface area contributed by atoms with Crippen molar-refractivity contribution in [2.45, 2.75) is 98.3 Å². The first-order valence-electron chi connectivity index (χ1n) is 12.0. The molecule has 0 heterocycles. The Morgan fingerprint density at radius 1 is 1.00 bits per heavy atom. The minimum absolute atomic E-state index is 0.835. The van der Waals surface area contributed by atoms with Crippen LogP contribution in [0.5, 0.6) is 0 Å². The van der Waals surface area contributed by atoms with Crippen LogP contribution in [0.1, 0.15) is 98.3 Å². The molecule has 0 amide bonds. The molecular formula is C27H44. The van der Waals surface area contributed by atoms with Crippen LogP contribution in [-0.2, 0) is 0 Å². The van der Waals surface area contributed by atoms with Gasteiger partial charge in [-0.3, -0.25) is 0 Å². The summed E-state index contributed by atoms with van der Waals surface area (Å²) in [6.07, 6.45) is 20.3. The molecule has 0 aromatic carbocycles. The lowest BCUT2D eigenvalue weighted by atomic mass is 9.71. The Morgan fingerprint density at radius 3 is 2.59 bits per heavy atom. The molecule has 0 aliphatic heterocycles. The molecule has 0 bridgehead atoms. The average Bonchev–Trinajstić information content (AvgIpc) is 3.07. The lowest BCUT2D eigenvalue weighted by Gasteiger charge is -2.34. The molecule has 0 saturated heterocycles. The highest BCUT2D eigenvalue weighted by Crippen LogP contribution is 2.51. The monoisotopic (exact) mass is 368 g/mol. The van der Waals surface area contributed by atoms with Gasteiger partial charge in [-0.2, -0.15) is 0 Å². The largest absolute Gasteiger partial charge is 0.0956 e. The average molecular weight is 369 g/mol. The molecule has 3 rings (SSSR count). The Bertz CT molecular complexity index is 561. The number of allylic oxidation sites excluding steroid dienone is 5. The Balaban J connectivity index is 1.62. The van der Waals surface area contributed by atoms with Crippen LogP contribution in [0, 0.1) is 35.5 Å². The van der Waals surface area contributed by atoms with Gasteiger partial charge >= 0.3 is 0 Å². The molecule has 3 saturated carbocycles. The molecule has 3 aliphatic carbocycles. The maximum absolute atomic E-state index is 4.34. The van der Waals surface area contributed by atoms with Gasteiger partial charge in [-0.25, -0.2) is 0 Å². The van der Waals surface area contributed by atoms with Crippen LogP contribution in [0.2, 0.25) is 0 Å². The number of rotatable bonds is 6. The molecule has 0 nitrogen and oxygen atoms in total. The second-order valence-electron chi connectivity index (χ2n) is 10.6. The van der Waals surface area contributed by atoms with E-state index in [0.29, 0.717) is 0 Å². The van der Waals surface area contributed by atoms with Crippen molar-refractivity contribution in [1.29, 1.82) is 0 Å². The number of hydrogen-bond donors (Lipinski definition) is 0. The Kier molecular flexibility index (Phi) is 7.46. The Labute approximate surface area is 169 Å². The fourth-order valence-electron chi connectivity index (χ4n) is 6.27. The van der Waals surface area contributed by atoms with Gasteiger partial charge in [0, 0.05) is 0 Å². The van der Waals surface area contributed by atoms with E-state index in [1.54, 1.807) is 11.1 Å². The highest BCUT2D eigenvalue weighted by Gasteiger charge is 2.41. The lowest BCUT2D eigenvalue weighted by Crippen LogP contribution is -2.25. The van der Waals surface area contributed by atoms with Crippen molar-refractivity contribution in [2.24, 2.45) is 35.5 Å². The van der Waals surface area contributed by atoms with Crippen LogP contribution in [0.25, 0.3) is 0 Å². The summed E-state index contributed by atoms with van der Waals surface area (Å²) in [5.74, 6) is 5.48. The first kappa shape index (κ1) is 20.9. The number of hydrogen-bond acceptors (Lipinski definition) is 0. The van der Waals surface area contributed by atoms with E-state index in [4.69, 9.17) is 0 Å². The van der Waals surface area contributed by atoms with Crippen molar-refractivity contribution in [3.63, 3.8) is 0 Å². The molecule has 3 fully saturated rings. The predicted molar refractivity (Wildman–Crippen MR) is 120 cm³/mol. The van der Waals surface area contributed by atoms with E-state index in [-0.39, 0.29) is 0 Å². The van der Waals surface area contributed by atoms with Gasteiger partial charge in [0.25, 0.3) is 0 Å². The minimum atomic E-state index is 0.835. The smallest absolute Gasteiger partial charge is 0.0169 e. The van der Waals surface area contributed by atoms with E-state index >= 15 is 0 Å². The summed E-state index contributed by atoms with van der Waals surface area (Å²) < 4.78 is 0. The Morgan fingerprint density at radius 2 is 1.81 bits per heavy atom. The molecule has 27 heavy (non-hydrogen) atoms. The third-order valence-corrected chi connectivity index (χ3v) is 7.99. The van der Waals surface area contributed by atoms with Crippen LogP contribution in [-0.4, -0.2) is 0 Å². The van der Waals surface area contributed by atoms with E-state index in [9.17, 15) is 0 Å². The molecular weight excluding hydrogens is 324 g/mol. The van der Waals surface area contributed by atoms with Crippen molar-refractivity contribution in [1.82, 2.24) is 0 Å². The van der Waals surface area contributed by atoms with Crippen molar-refractivity contribution in [3.8, 4) is 0 Å². The van der Waals surface area contributed by atoms with E-state index in [1.165, 1.54) is 76.2 Å². The van der Waals surface area contributed by atoms with Gasteiger partial charge in [-0.1, -0.05) is 76.8 Å². The van der Waals surface area contributed by atoms with Gasteiger partial charge in [0.1, 0.15) is 0 Å². The maximum Gasteiger partial charge on any atom is -0.0169 e. The Hall–Kier alpha value is -0.780. The topological polar surface area (TPSA) is 0 Å². The van der Waals surface area contributed by atoms with Crippen LogP contribution < -0.4 is 0 Å². The number of fused-ring (bicyclic) bond motifs is 1. The summed E-state index contributed by atoms with van der Waals surface area (Å²) in [7, 11) is 0. The van der Waals surface area contributed by atoms with Gasteiger partial charge in [-0.15, -0.1) is 0 Å². The van der Waals surface area contributed by atoms with Crippen molar-refractivity contribution >= 4 is 0 Å². The van der Waals surface area contributed by atoms with E-state index in [1.807, 2.05) is 0 Å². The molecule has 0 aromatic heterocycles. The normalized spacial score (nSPS) is 35.8. The maximum atomic E-state index is 4.34. The van der Waals surface area contributed by atoms with Crippen LogP contribution >= 0.6 is 0 Å². The highest BCUT2D eigenvalue weighted by molar-refractivity contribution is 5.35. The van der Waals surface area contributed by atoms with Gasteiger partial charge in [0.2, 0.25) is 0 Å². The summed E-state index contributed by atoms with van der Waals surface area (Å²) >= 11 is 0. The SMILES string of the molecule is C=C1CCC(C)C/C1=C/C=C1\CCCC2C1CCC2C(C)CCCC(C)C. The van der Waals surface area contributed by atoms with Gasteiger partial charge < -0.3 is 0 Å².